The summed E-state index contributed by atoms with van der Waals surface area (Å²) in [5.74, 6) is 10.2. The number of aromatic nitrogens is 2. The van der Waals surface area contributed by atoms with Gasteiger partial charge in [-0.1, -0.05) is 53.3 Å². The van der Waals surface area contributed by atoms with Gasteiger partial charge in [-0.25, -0.2) is 0 Å². The van der Waals surface area contributed by atoms with E-state index in [9.17, 15) is 14.7 Å². The molecule has 0 amide bonds. The van der Waals surface area contributed by atoms with Gasteiger partial charge in [0.25, 0.3) is 11.1 Å². The number of benzene rings is 2. The fourth-order valence-corrected chi connectivity index (χ4v) is 8.51. The quantitative estimate of drug-likeness (QED) is 0.111. The van der Waals surface area contributed by atoms with Gasteiger partial charge in [-0.2, -0.15) is 0 Å². The van der Waals surface area contributed by atoms with Crippen molar-refractivity contribution in [2.24, 2.45) is 11.8 Å². The minimum absolute atomic E-state index is 0. The Labute approximate surface area is 379 Å². The van der Waals surface area contributed by atoms with Crippen molar-refractivity contribution in [2.75, 3.05) is 39.6 Å². The number of halogens is 1. The standard InChI is InChI=1S/C24H25NO4S.C19H18BrNO3S.C5H8O.CH4/c1-24(2,27)10-7-16-5-6-19-18(14-16)22(29-15-17-8-11-28-12-9-17)21(23(26)25-19)20-4-3-13-30-20;20-13-3-4-15-14(10-13)18(24-11-12-5-7-23-8-6-12)17(19(22)21-15)16-2-1-9-25-16;1-4-5(2,3)6;/h3-6,13-14,17,27H,8-9,11-12,15H2,1-2H3,(H,25,26);1-4,9-10,12H,5-8,11H2,(H,21,22);1,6H,2-3H3;1H4. The van der Waals surface area contributed by atoms with Gasteiger partial charge in [-0.15, -0.1) is 29.1 Å². The Kier molecular flexibility index (Phi) is 17.2. The molecule has 0 atom stereocenters. The molecule has 0 aliphatic carbocycles. The van der Waals surface area contributed by atoms with Crippen molar-refractivity contribution in [3.63, 3.8) is 0 Å². The topological polar surface area (TPSA) is 143 Å². The fourth-order valence-electron chi connectivity index (χ4n) is 6.62. The zero-order valence-corrected chi connectivity index (χ0v) is 38.0. The highest BCUT2D eigenvalue weighted by atomic mass is 79.9. The van der Waals surface area contributed by atoms with Crippen molar-refractivity contribution in [1.29, 1.82) is 0 Å². The van der Waals surface area contributed by atoms with Crippen LogP contribution in [0.2, 0.25) is 0 Å². The van der Waals surface area contributed by atoms with E-state index in [-0.39, 0.29) is 18.5 Å². The molecule has 0 bridgehead atoms. The summed E-state index contributed by atoms with van der Waals surface area (Å²) in [6.45, 7) is 10.6. The molecule has 6 heterocycles. The second-order valence-electron chi connectivity index (χ2n) is 16.0. The molecule has 62 heavy (non-hydrogen) atoms. The van der Waals surface area contributed by atoms with Crippen LogP contribution in [0.3, 0.4) is 0 Å². The zero-order valence-electron chi connectivity index (χ0n) is 34.8. The summed E-state index contributed by atoms with van der Waals surface area (Å²) in [5.41, 5.74) is 1.13. The van der Waals surface area contributed by atoms with E-state index in [1.165, 1.54) is 11.3 Å². The van der Waals surface area contributed by atoms with Gasteiger partial charge < -0.3 is 39.1 Å². The number of aliphatic hydroxyl groups is 2. The van der Waals surface area contributed by atoms with E-state index in [0.29, 0.717) is 53.2 Å². The van der Waals surface area contributed by atoms with E-state index >= 15 is 0 Å². The number of fused-ring (bicyclic) bond motifs is 2. The average Bonchev–Trinajstić information content (AvgIpc) is 3.98. The highest BCUT2D eigenvalue weighted by molar-refractivity contribution is 9.10. The lowest BCUT2D eigenvalue weighted by atomic mass is 10.0. The number of terminal acetylenes is 1. The first kappa shape index (κ1) is 48.3. The minimum atomic E-state index is -1.08. The third-order valence-electron chi connectivity index (χ3n) is 9.90. The van der Waals surface area contributed by atoms with E-state index in [2.05, 4.69) is 43.7 Å². The summed E-state index contributed by atoms with van der Waals surface area (Å²) in [6, 6.07) is 19.2. The van der Waals surface area contributed by atoms with E-state index in [1.54, 1.807) is 39.0 Å². The molecule has 2 aliphatic heterocycles. The van der Waals surface area contributed by atoms with E-state index < -0.39 is 11.2 Å². The van der Waals surface area contributed by atoms with Crippen LogP contribution < -0.4 is 20.6 Å². The molecule has 13 heteroatoms. The maximum Gasteiger partial charge on any atom is 0.260 e. The largest absolute Gasteiger partial charge is 0.492 e. The molecule has 8 rings (SSSR count). The molecule has 2 saturated heterocycles. The number of nitrogens with one attached hydrogen (secondary N) is 2. The molecular formula is C49H55BrN2O8S2. The third kappa shape index (κ3) is 13.4. The molecule has 0 saturated carbocycles. The van der Waals surface area contributed by atoms with E-state index in [4.69, 9.17) is 30.5 Å². The Morgan fingerprint density at radius 3 is 1.61 bits per heavy atom. The Bertz CT molecular complexity index is 2610. The van der Waals surface area contributed by atoms with Crippen LogP contribution in [0.15, 0.2) is 85.5 Å². The maximum atomic E-state index is 12.9. The lowest BCUT2D eigenvalue weighted by Gasteiger charge is -2.23. The van der Waals surface area contributed by atoms with Gasteiger partial charge in [-0.05, 0) is 125 Å². The van der Waals surface area contributed by atoms with E-state index in [0.717, 1.165) is 88.2 Å². The van der Waals surface area contributed by atoms with Gasteiger partial charge >= 0.3 is 0 Å². The van der Waals surface area contributed by atoms with Gasteiger partial charge in [0.05, 0.1) is 35.4 Å². The second-order valence-corrected chi connectivity index (χ2v) is 18.8. The van der Waals surface area contributed by atoms with Gasteiger partial charge in [0, 0.05) is 57.0 Å². The van der Waals surface area contributed by atoms with Crippen molar-refractivity contribution < 1.29 is 29.2 Å². The van der Waals surface area contributed by atoms with Crippen LogP contribution in [0.1, 0.15) is 66.4 Å². The summed E-state index contributed by atoms with van der Waals surface area (Å²) >= 11 is 6.58. The number of H-pyrrole nitrogens is 2. The van der Waals surface area contributed by atoms with Crippen LogP contribution in [0.25, 0.3) is 42.7 Å². The summed E-state index contributed by atoms with van der Waals surface area (Å²) in [6.07, 6.45) is 8.72. The van der Waals surface area contributed by atoms with Crippen molar-refractivity contribution in [3.8, 4) is 56.6 Å². The van der Waals surface area contributed by atoms with Gasteiger partial charge in [0.15, 0.2) is 0 Å². The zero-order chi connectivity index (χ0) is 43.6. The molecule has 4 aromatic heterocycles. The van der Waals surface area contributed by atoms with Crippen LogP contribution in [-0.4, -0.2) is 71.0 Å². The molecule has 10 nitrogen and oxygen atoms in total. The molecule has 4 N–H and O–H groups in total. The number of ether oxygens (including phenoxy) is 4. The van der Waals surface area contributed by atoms with E-state index in [1.807, 2.05) is 71.4 Å². The molecule has 0 spiro atoms. The molecule has 2 aliphatic rings. The highest BCUT2D eigenvalue weighted by Crippen LogP contribution is 2.38. The lowest BCUT2D eigenvalue weighted by molar-refractivity contribution is 0.0500. The Morgan fingerprint density at radius 1 is 0.742 bits per heavy atom. The van der Waals surface area contributed by atoms with Crippen molar-refractivity contribution >= 4 is 60.4 Å². The van der Waals surface area contributed by atoms with Crippen LogP contribution in [0.4, 0.5) is 0 Å². The number of rotatable bonds is 8. The summed E-state index contributed by atoms with van der Waals surface area (Å²) in [5, 5.41) is 24.2. The summed E-state index contributed by atoms with van der Waals surface area (Å²) < 4.78 is 24.4. The number of pyridine rings is 2. The molecule has 328 valence electrons. The van der Waals surface area contributed by atoms with Crippen LogP contribution in [0, 0.1) is 36.0 Å². The minimum Gasteiger partial charge on any atom is -0.492 e. The number of hydrogen-bond acceptors (Lipinski definition) is 10. The molecule has 0 unspecified atom stereocenters. The number of thiophene rings is 2. The Hall–Kier alpha value is -4.70. The summed E-state index contributed by atoms with van der Waals surface area (Å²) in [7, 11) is 0. The first-order valence-electron chi connectivity index (χ1n) is 20.2. The smallest absolute Gasteiger partial charge is 0.260 e. The predicted octanol–water partition coefficient (Wildman–Crippen LogP) is 10.0. The van der Waals surface area contributed by atoms with Crippen LogP contribution >= 0.6 is 38.6 Å². The Morgan fingerprint density at radius 2 is 1.19 bits per heavy atom. The normalized spacial score (nSPS) is 14.5. The molecule has 2 fully saturated rings. The van der Waals surface area contributed by atoms with Gasteiger partial charge in [0.1, 0.15) is 22.7 Å². The maximum absolute atomic E-state index is 12.9. The average molecular weight is 944 g/mol. The first-order valence-corrected chi connectivity index (χ1v) is 22.7. The first-order chi connectivity index (χ1) is 29.2. The van der Waals surface area contributed by atoms with Gasteiger partial charge in [0.2, 0.25) is 0 Å². The molecule has 0 radical (unpaired) electrons. The Balaban J connectivity index is 0.000000207. The van der Waals surface area contributed by atoms with Gasteiger partial charge in [-0.3, -0.25) is 9.59 Å². The number of hydrogen-bond donors (Lipinski definition) is 4. The predicted molar refractivity (Wildman–Crippen MR) is 257 cm³/mol. The monoisotopic (exact) mass is 942 g/mol. The lowest BCUT2D eigenvalue weighted by Crippen LogP contribution is -2.22. The highest BCUT2D eigenvalue weighted by Gasteiger charge is 2.22. The van der Waals surface area contributed by atoms with Crippen molar-refractivity contribution in [1.82, 2.24) is 9.97 Å². The van der Waals surface area contributed by atoms with Crippen molar-refractivity contribution in [3.05, 3.63) is 102 Å². The third-order valence-corrected chi connectivity index (χ3v) is 12.2. The van der Waals surface area contributed by atoms with Crippen LogP contribution in [-0.2, 0) is 9.47 Å². The second kappa shape index (κ2) is 22.1. The molecular weight excluding hydrogens is 889 g/mol. The van der Waals surface area contributed by atoms with Crippen LogP contribution in [0.5, 0.6) is 11.5 Å². The van der Waals surface area contributed by atoms with Crippen molar-refractivity contribution in [2.45, 2.75) is 72.0 Å². The fraction of sp³-hybridized carbons (Fsp3) is 0.388. The summed E-state index contributed by atoms with van der Waals surface area (Å²) in [4.78, 5) is 33.4. The molecule has 2 aromatic carbocycles. The number of aromatic amines is 2. The SMILES string of the molecule is C.C#CC(C)(C)O.CC(C)(O)C#Cc1ccc2[nH]c(=O)c(-c3cccs3)c(OCC3CCOCC3)c2c1.O=c1[nH]c2ccc(Br)cc2c(OCC2CCOCC2)c1-c1cccs1. The molecule has 6 aromatic rings.